The zero-order chi connectivity index (χ0) is 26.9. The van der Waals surface area contributed by atoms with Crippen molar-refractivity contribution in [3.8, 4) is 17.2 Å². The van der Waals surface area contributed by atoms with Crippen molar-refractivity contribution in [2.45, 2.75) is 37.5 Å². The standard InChI is InChI=1S/C29H30FN5O3/c1-2-34-16-23(17-36)38-29(18-34)7-9-35(10-8-29)27(28(32)37)24-6-5-20(12-25(24)30)21-3-4-22-11-19(14-31)15-33-26(22)13-21/h3-6,11-13,15,17,23,27H,2,7-10,16,18H2,1H3,(H2,32,37). The molecule has 5 rings (SSSR count). The Kier molecular flexibility index (Phi) is 7.21. The largest absolute Gasteiger partial charge is 0.368 e. The second kappa shape index (κ2) is 10.6. The highest BCUT2D eigenvalue weighted by molar-refractivity contribution is 5.85. The smallest absolute Gasteiger partial charge is 0.239 e. The van der Waals surface area contributed by atoms with Gasteiger partial charge in [-0.25, -0.2) is 4.39 Å². The number of ether oxygens (including phenoxy) is 1. The highest BCUT2D eigenvalue weighted by atomic mass is 19.1. The molecular formula is C29H30FN5O3. The summed E-state index contributed by atoms with van der Waals surface area (Å²) < 4.78 is 21.7. The minimum atomic E-state index is -0.906. The highest BCUT2D eigenvalue weighted by Gasteiger charge is 2.44. The number of likely N-dealkylation sites (N-methyl/N-ethyl adjacent to an activating group) is 1. The van der Waals surface area contributed by atoms with Crippen molar-refractivity contribution in [3.63, 3.8) is 0 Å². The molecule has 2 aliphatic rings. The number of morpholine rings is 1. The van der Waals surface area contributed by atoms with Crippen LogP contribution in [0.2, 0.25) is 0 Å². The lowest BCUT2D eigenvalue weighted by molar-refractivity contribution is -0.177. The number of likely N-dealkylation sites (tertiary alicyclic amines) is 1. The third-order valence-corrected chi connectivity index (χ3v) is 7.74. The number of carbonyl (C=O) groups is 2. The molecule has 38 heavy (non-hydrogen) atoms. The van der Waals surface area contributed by atoms with Gasteiger partial charge in [0.05, 0.1) is 16.7 Å². The quantitative estimate of drug-likeness (QED) is 0.502. The van der Waals surface area contributed by atoms with Crippen molar-refractivity contribution in [2.75, 3.05) is 32.7 Å². The minimum absolute atomic E-state index is 0.236. The molecule has 1 amide bonds. The summed E-state index contributed by atoms with van der Waals surface area (Å²) in [5.41, 5.74) is 8.17. The number of nitriles is 1. The predicted octanol–water partition coefficient (Wildman–Crippen LogP) is 3.19. The van der Waals surface area contributed by atoms with Gasteiger partial charge in [-0.05, 0) is 48.7 Å². The van der Waals surface area contributed by atoms with Gasteiger partial charge in [-0.2, -0.15) is 5.26 Å². The summed E-state index contributed by atoms with van der Waals surface area (Å²) in [6.07, 6.45) is 3.14. The van der Waals surface area contributed by atoms with E-state index in [9.17, 15) is 9.59 Å². The number of benzene rings is 2. The summed E-state index contributed by atoms with van der Waals surface area (Å²) >= 11 is 0. The van der Waals surface area contributed by atoms with Crippen LogP contribution in [-0.4, -0.2) is 71.4 Å². The predicted molar refractivity (Wildman–Crippen MR) is 140 cm³/mol. The molecule has 0 aliphatic carbocycles. The van der Waals surface area contributed by atoms with Crippen LogP contribution in [0.15, 0.2) is 48.7 Å². The summed E-state index contributed by atoms with van der Waals surface area (Å²) in [4.78, 5) is 32.5. The maximum Gasteiger partial charge on any atom is 0.239 e. The number of primary amides is 1. The number of nitrogens with zero attached hydrogens (tertiary/aromatic N) is 4. The van der Waals surface area contributed by atoms with Gasteiger partial charge < -0.3 is 15.3 Å². The SMILES string of the molecule is CCN1CC(C=O)OC2(CCN(C(C(N)=O)c3ccc(-c4ccc5cc(C#N)cnc5c4)cc3F)CC2)C1. The van der Waals surface area contributed by atoms with Crippen molar-refractivity contribution in [2.24, 2.45) is 5.73 Å². The number of halogens is 1. The van der Waals surface area contributed by atoms with E-state index >= 15 is 4.39 Å². The van der Waals surface area contributed by atoms with Crippen molar-refractivity contribution < 1.29 is 18.7 Å². The number of fused-ring (bicyclic) bond motifs is 1. The van der Waals surface area contributed by atoms with Gasteiger partial charge in [0.25, 0.3) is 0 Å². The third-order valence-electron chi connectivity index (χ3n) is 7.74. The number of carbonyl (C=O) groups excluding carboxylic acids is 2. The first-order valence-electron chi connectivity index (χ1n) is 12.8. The van der Waals surface area contributed by atoms with Crippen LogP contribution in [0.1, 0.15) is 36.9 Å². The number of pyridine rings is 1. The average Bonchev–Trinajstić information content (AvgIpc) is 2.94. The first-order chi connectivity index (χ1) is 18.3. The first-order valence-corrected chi connectivity index (χ1v) is 12.8. The molecule has 9 heteroatoms. The van der Waals surface area contributed by atoms with E-state index < -0.39 is 29.5 Å². The fourth-order valence-corrected chi connectivity index (χ4v) is 5.72. The Labute approximate surface area is 220 Å². The molecule has 0 bridgehead atoms. The number of piperidine rings is 1. The summed E-state index contributed by atoms with van der Waals surface area (Å²) in [5.74, 6) is -1.12. The van der Waals surface area contributed by atoms with Crippen molar-refractivity contribution in [3.05, 3.63) is 65.6 Å². The van der Waals surface area contributed by atoms with Gasteiger partial charge >= 0.3 is 0 Å². The minimum Gasteiger partial charge on any atom is -0.368 e. The van der Waals surface area contributed by atoms with E-state index in [4.69, 9.17) is 15.7 Å². The van der Waals surface area contributed by atoms with E-state index in [0.717, 1.165) is 30.3 Å². The maximum atomic E-state index is 15.5. The molecule has 2 saturated heterocycles. The molecule has 2 aliphatic heterocycles. The average molecular weight is 516 g/mol. The Morgan fingerprint density at radius 1 is 1.26 bits per heavy atom. The number of aldehydes is 1. The fourth-order valence-electron chi connectivity index (χ4n) is 5.72. The summed E-state index contributed by atoms with van der Waals surface area (Å²) in [6, 6.07) is 13.3. The molecule has 196 valence electrons. The number of hydrogen-bond acceptors (Lipinski definition) is 7. The van der Waals surface area contributed by atoms with Gasteiger partial charge in [-0.3, -0.25) is 19.6 Å². The first kappa shape index (κ1) is 25.9. The van der Waals surface area contributed by atoms with Gasteiger partial charge in [-0.1, -0.05) is 31.2 Å². The molecule has 2 atom stereocenters. The fraction of sp³-hybridized carbons (Fsp3) is 0.379. The van der Waals surface area contributed by atoms with Crippen LogP contribution in [0.25, 0.3) is 22.0 Å². The second-order valence-corrected chi connectivity index (χ2v) is 10.1. The Morgan fingerprint density at radius 3 is 2.66 bits per heavy atom. The number of aromatic nitrogens is 1. The van der Waals surface area contributed by atoms with E-state index in [1.54, 1.807) is 18.2 Å². The summed E-state index contributed by atoms with van der Waals surface area (Å²) in [5, 5.41) is 9.91. The molecular weight excluding hydrogens is 485 g/mol. The van der Waals surface area contributed by atoms with E-state index in [-0.39, 0.29) is 5.56 Å². The highest BCUT2D eigenvalue weighted by Crippen LogP contribution is 2.36. The molecule has 2 aromatic carbocycles. The number of rotatable bonds is 6. The number of amides is 1. The van der Waals surface area contributed by atoms with E-state index in [0.29, 0.717) is 49.1 Å². The van der Waals surface area contributed by atoms with Crippen LogP contribution in [0.4, 0.5) is 4.39 Å². The van der Waals surface area contributed by atoms with Gasteiger partial charge in [-0.15, -0.1) is 0 Å². The molecule has 3 heterocycles. The number of hydrogen-bond donors (Lipinski definition) is 1. The normalized spacial score (nSPS) is 20.7. The van der Waals surface area contributed by atoms with Crippen LogP contribution in [0, 0.1) is 17.1 Å². The van der Waals surface area contributed by atoms with Crippen LogP contribution in [0.3, 0.4) is 0 Å². The Balaban J connectivity index is 1.36. The molecule has 8 nitrogen and oxygen atoms in total. The molecule has 2 fully saturated rings. The van der Waals surface area contributed by atoms with Gasteiger partial charge in [0.1, 0.15) is 30.3 Å². The lowest BCUT2D eigenvalue weighted by Crippen LogP contribution is -2.60. The van der Waals surface area contributed by atoms with Gasteiger partial charge in [0.2, 0.25) is 5.91 Å². The molecule has 1 spiro atoms. The zero-order valence-corrected chi connectivity index (χ0v) is 21.3. The molecule has 3 aromatic rings. The second-order valence-electron chi connectivity index (χ2n) is 10.1. The van der Waals surface area contributed by atoms with Gasteiger partial charge in [0.15, 0.2) is 0 Å². The Hall–Kier alpha value is -3.71. The van der Waals surface area contributed by atoms with Crippen molar-refractivity contribution in [1.82, 2.24) is 14.8 Å². The van der Waals surface area contributed by atoms with Crippen LogP contribution >= 0.6 is 0 Å². The maximum absolute atomic E-state index is 15.5. The monoisotopic (exact) mass is 515 g/mol. The van der Waals surface area contributed by atoms with Crippen LogP contribution < -0.4 is 5.73 Å². The topological polar surface area (TPSA) is 113 Å². The van der Waals surface area contributed by atoms with Crippen molar-refractivity contribution in [1.29, 1.82) is 5.26 Å². The summed E-state index contributed by atoms with van der Waals surface area (Å²) in [7, 11) is 0. The number of nitrogens with two attached hydrogens (primary N) is 1. The molecule has 0 radical (unpaired) electrons. The Morgan fingerprint density at radius 2 is 2.00 bits per heavy atom. The zero-order valence-electron chi connectivity index (χ0n) is 21.3. The molecule has 2 N–H and O–H groups in total. The molecule has 2 unspecified atom stereocenters. The lowest BCUT2D eigenvalue weighted by Gasteiger charge is -2.49. The summed E-state index contributed by atoms with van der Waals surface area (Å²) in [6.45, 7) is 5.20. The molecule has 1 aromatic heterocycles. The van der Waals surface area contributed by atoms with E-state index in [1.807, 2.05) is 23.1 Å². The van der Waals surface area contributed by atoms with Crippen molar-refractivity contribution >= 4 is 23.1 Å². The molecule has 0 saturated carbocycles. The van der Waals surface area contributed by atoms with E-state index in [1.165, 1.54) is 12.3 Å². The van der Waals surface area contributed by atoms with Gasteiger partial charge in [0, 0.05) is 43.3 Å². The van der Waals surface area contributed by atoms with Crippen LogP contribution in [-0.2, 0) is 14.3 Å². The Bertz CT molecular complexity index is 1410. The van der Waals surface area contributed by atoms with E-state index in [2.05, 4.69) is 22.9 Å². The lowest BCUT2D eigenvalue weighted by atomic mass is 9.87. The third kappa shape index (κ3) is 5.03. The van der Waals surface area contributed by atoms with Crippen LogP contribution in [0.5, 0.6) is 0 Å².